The molecule has 1 saturated carbocycles. The van der Waals surface area contributed by atoms with Crippen LogP contribution in [0.5, 0.6) is 0 Å². The number of hydrogen-bond donors (Lipinski definition) is 0. The molecule has 98 valence electrons. The molecule has 0 aromatic heterocycles. The molecule has 2 fully saturated rings. The molecule has 1 heterocycles. The minimum atomic E-state index is -0.790. The lowest BCUT2D eigenvalue weighted by Crippen LogP contribution is -2.53. The number of carbonyl (C=O) groups is 2. The summed E-state index contributed by atoms with van der Waals surface area (Å²) in [5.74, 6) is -0.0183. The van der Waals surface area contributed by atoms with Crippen LogP contribution < -0.4 is 0 Å². The van der Waals surface area contributed by atoms with E-state index in [9.17, 15) is 14.9 Å². The third-order valence-electron chi connectivity index (χ3n) is 4.08. The molecule has 1 aliphatic heterocycles. The molecule has 0 radical (unpaired) electrons. The summed E-state index contributed by atoms with van der Waals surface area (Å²) < 4.78 is 0. The number of amides is 2. The molecule has 0 atom stereocenters. The monoisotopic (exact) mass is 249 g/mol. The van der Waals surface area contributed by atoms with Gasteiger partial charge in [0.15, 0.2) is 0 Å². The molecule has 0 aromatic rings. The van der Waals surface area contributed by atoms with Crippen LogP contribution in [0.3, 0.4) is 0 Å². The summed E-state index contributed by atoms with van der Waals surface area (Å²) in [6.45, 7) is 2.27. The Balaban J connectivity index is 2.02. The Morgan fingerprint density at radius 2 is 1.72 bits per heavy atom. The molecular formula is C13H19N3O2. The van der Waals surface area contributed by atoms with Gasteiger partial charge in [-0.2, -0.15) is 5.26 Å². The van der Waals surface area contributed by atoms with E-state index >= 15 is 0 Å². The molecule has 18 heavy (non-hydrogen) atoms. The van der Waals surface area contributed by atoms with Gasteiger partial charge in [-0.25, -0.2) is 0 Å². The lowest BCUT2D eigenvalue weighted by molar-refractivity contribution is -0.143. The first-order valence-corrected chi connectivity index (χ1v) is 6.62. The zero-order valence-electron chi connectivity index (χ0n) is 10.6. The average molecular weight is 249 g/mol. The van der Waals surface area contributed by atoms with Crippen molar-refractivity contribution in [2.24, 2.45) is 5.41 Å². The summed E-state index contributed by atoms with van der Waals surface area (Å²) >= 11 is 0. The number of nitrogens with zero attached hydrogens (tertiary/aromatic N) is 3. The van der Waals surface area contributed by atoms with Gasteiger partial charge in [0.2, 0.25) is 12.3 Å². The standard InChI is InChI=1S/C13H19N3O2/c14-10-13(4-2-1-3-5-13)12(18)16-8-6-15(11-17)7-9-16/h11H,1-9H2. The van der Waals surface area contributed by atoms with E-state index in [0.717, 1.165) is 25.7 Å². The van der Waals surface area contributed by atoms with E-state index in [1.54, 1.807) is 9.80 Å². The second-order valence-electron chi connectivity index (χ2n) is 5.19. The average Bonchev–Trinajstić information content (AvgIpc) is 2.47. The van der Waals surface area contributed by atoms with Crippen LogP contribution in [0.1, 0.15) is 32.1 Å². The zero-order chi connectivity index (χ0) is 13.0. The highest BCUT2D eigenvalue weighted by Crippen LogP contribution is 2.37. The molecule has 2 amide bonds. The van der Waals surface area contributed by atoms with Gasteiger partial charge in [-0.1, -0.05) is 19.3 Å². The number of carbonyl (C=O) groups excluding carboxylic acids is 2. The molecular weight excluding hydrogens is 230 g/mol. The molecule has 0 spiro atoms. The largest absolute Gasteiger partial charge is 0.342 e. The van der Waals surface area contributed by atoms with E-state index < -0.39 is 5.41 Å². The highest BCUT2D eigenvalue weighted by molar-refractivity contribution is 5.85. The van der Waals surface area contributed by atoms with Crippen molar-refractivity contribution in [3.05, 3.63) is 0 Å². The fourth-order valence-corrected chi connectivity index (χ4v) is 2.86. The predicted molar refractivity (Wildman–Crippen MR) is 65.3 cm³/mol. The van der Waals surface area contributed by atoms with Gasteiger partial charge >= 0.3 is 0 Å². The van der Waals surface area contributed by atoms with Crippen LogP contribution in [0.2, 0.25) is 0 Å². The molecule has 5 heteroatoms. The normalized spacial score (nSPS) is 23.3. The van der Waals surface area contributed by atoms with Crippen LogP contribution in [0, 0.1) is 16.7 Å². The summed E-state index contributed by atoms with van der Waals surface area (Å²) in [4.78, 5) is 26.6. The molecule has 0 bridgehead atoms. The number of nitriles is 1. The van der Waals surface area contributed by atoms with Crippen molar-refractivity contribution in [3.8, 4) is 6.07 Å². The predicted octanol–water partition coefficient (Wildman–Crippen LogP) is 0.761. The lowest BCUT2D eigenvalue weighted by Gasteiger charge is -2.38. The number of hydrogen-bond acceptors (Lipinski definition) is 3. The highest BCUT2D eigenvalue weighted by atomic mass is 16.2. The van der Waals surface area contributed by atoms with Gasteiger partial charge in [0.25, 0.3) is 0 Å². The van der Waals surface area contributed by atoms with E-state index in [1.165, 1.54) is 0 Å². The van der Waals surface area contributed by atoms with Crippen molar-refractivity contribution >= 4 is 12.3 Å². The summed E-state index contributed by atoms with van der Waals surface area (Å²) in [5, 5.41) is 9.38. The Hall–Kier alpha value is -1.57. The third-order valence-corrected chi connectivity index (χ3v) is 4.08. The van der Waals surface area contributed by atoms with Crippen molar-refractivity contribution in [1.29, 1.82) is 5.26 Å². The zero-order valence-corrected chi connectivity index (χ0v) is 10.6. The Kier molecular flexibility index (Phi) is 3.85. The van der Waals surface area contributed by atoms with Crippen LogP contribution in [0.15, 0.2) is 0 Å². The van der Waals surface area contributed by atoms with E-state index in [0.29, 0.717) is 39.0 Å². The second-order valence-corrected chi connectivity index (χ2v) is 5.19. The number of piperazine rings is 1. The van der Waals surface area contributed by atoms with E-state index in [1.807, 2.05) is 0 Å². The van der Waals surface area contributed by atoms with Crippen molar-refractivity contribution in [1.82, 2.24) is 9.80 Å². The summed E-state index contributed by atoms with van der Waals surface area (Å²) in [5.41, 5.74) is -0.790. The minimum Gasteiger partial charge on any atom is -0.342 e. The molecule has 0 aromatic carbocycles. The van der Waals surface area contributed by atoms with Crippen LogP contribution in [0.4, 0.5) is 0 Å². The van der Waals surface area contributed by atoms with Crippen molar-refractivity contribution in [2.45, 2.75) is 32.1 Å². The van der Waals surface area contributed by atoms with Crippen molar-refractivity contribution < 1.29 is 9.59 Å². The summed E-state index contributed by atoms with van der Waals surface area (Å²) in [6, 6.07) is 2.27. The SMILES string of the molecule is N#CC1(C(=O)N2CCN(C=O)CC2)CCCCC1. The smallest absolute Gasteiger partial charge is 0.243 e. The molecule has 5 nitrogen and oxygen atoms in total. The van der Waals surface area contributed by atoms with E-state index in [4.69, 9.17) is 0 Å². The fourth-order valence-electron chi connectivity index (χ4n) is 2.86. The Morgan fingerprint density at radius 3 is 2.22 bits per heavy atom. The quantitative estimate of drug-likeness (QED) is 0.679. The Bertz CT molecular complexity index is 361. The fraction of sp³-hybridized carbons (Fsp3) is 0.769. The molecule has 1 aliphatic carbocycles. The first kappa shape index (κ1) is 12.9. The van der Waals surface area contributed by atoms with Crippen molar-refractivity contribution in [3.63, 3.8) is 0 Å². The molecule has 0 unspecified atom stereocenters. The first-order chi connectivity index (χ1) is 8.72. The molecule has 2 aliphatic rings. The Labute approximate surface area is 107 Å². The first-order valence-electron chi connectivity index (χ1n) is 6.62. The van der Waals surface area contributed by atoms with Crippen molar-refractivity contribution in [2.75, 3.05) is 26.2 Å². The Morgan fingerprint density at radius 1 is 1.11 bits per heavy atom. The number of rotatable bonds is 2. The van der Waals surface area contributed by atoms with E-state index in [2.05, 4.69) is 6.07 Å². The van der Waals surface area contributed by atoms with Crippen LogP contribution in [0.25, 0.3) is 0 Å². The summed E-state index contributed by atoms with van der Waals surface area (Å²) in [7, 11) is 0. The topological polar surface area (TPSA) is 64.4 Å². The van der Waals surface area contributed by atoms with Gasteiger partial charge in [0.05, 0.1) is 6.07 Å². The van der Waals surface area contributed by atoms with Gasteiger partial charge in [-0.3, -0.25) is 9.59 Å². The van der Waals surface area contributed by atoms with Gasteiger partial charge in [-0.15, -0.1) is 0 Å². The third kappa shape index (κ3) is 2.33. The summed E-state index contributed by atoms with van der Waals surface area (Å²) in [6.07, 6.45) is 5.26. The lowest BCUT2D eigenvalue weighted by atomic mass is 9.74. The highest BCUT2D eigenvalue weighted by Gasteiger charge is 2.42. The van der Waals surface area contributed by atoms with Gasteiger partial charge in [-0.05, 0) is 12.8 Å². The van der Waals surface area contributed by atoms with Gasteiger partial charge < -0.3 is 9.80 Å². The maximum atomic E-state index is 12.5. The maximum Gasteiger partial charge on any atom is 0.243 e. The minimum absolute atomic E-state index is 0.0183. The van der Waals surface area contributed by atoms with Gasteiger partial charge in [0, 0.05) is 26.2 Å². The molecule has 0 N–H and O–H groups in total. The van der Waals surface area contributed by atoms with Crippen LogP contribution >= 0.6 is 0 Å². The second kappa shape index (κ2) is 5.38. The van der Waals surface area contributed by atoms with Crippen LogP contribution in [-0.4, -0.2) is 48.3 Å². The van der Waals surface area contributed by atoms with Gasteiger partial charge in [0.1, 0.15) is 5.41 Å². The molecule has 2 rings (SSSR count). The van der Waals surface area contributed by atoms with Crippen LogP contribution in [-0.2, 0) is 9.59 Å². The molecule has 1 saturated heterocycles. The maximum absolute atomic E-state index is 12.5. The van der Waals surface area contributed by atoms with E-state index in [-0.39, 0.29) is 5.91 Å².